The Morgan fingerprint density at radius 3 is 2.70 bits per heavy atom. The van der Waals surface area contributed by atoms with Crippen LogP contribution in [0.15, 0.2) is 24.4 Å². The fourth-order valence-electron chi connectivity index (χ4n) is 2.58. The fourth-order valence-corrected chi connectivity index (χ4v) is 2.58. The normalized spacial score (nSPS) is 18.0. The maximum absolute atomic E-state index is 11.9. The molecule has 0 aromatic carbocycles. The zero-order valence-electron chi connectivity index (χ0n) is 12.2. The number of amides is 1. The number of rotatable bonds is 5. The fraction of sp³-hybridized carbons (Fsp3) is 0.600. The first-order valence-corrected chi connectivity index (χ1v) is 7.35. The van der Waals surface area contributed by atoms with E-state index in [9.17, 15) is 4.79 Å². The van der Waals surface area contributed by atoms with Gasteiger partial charge in [0.1, 0.15) is 0 Å². The van der Waals surface area contributed by atoms with Crippen molar-refractivity contribution in [2.24, 2.45) is 5.73 Å². The van der Waals surface area contributed by atoms with Crippen LogP contribution in [0.1, 0.15) is 31.5 Å². The molecule has 0 radical (unpaired) electrons. The highest BCUT2D eigenvalue weighted by molar-refractivity contribution is 5.76. The Morgan fingerprint density at radius 2 is 2.10 bits per heavy atom. The van der Waals surface area contributed by atoms with E-state index >= 15 is 0 Å². The maximum Gasteiger partial charge on any atom is 0.222 e. The van der Waals surface area contributed by atoms with Crippen molar-refractivity contribution < 1.29 is 4.79 Å². The summed E-state index contributed by atoms with van der Waals surface area (Å²) in [5.41, 5.74) is 6.54. The zero-order chi connectivity index (χ0) is 14.4. The van der Waals surface area contributed by atoms with E-state index in [1.54, 1.807) is 0 Å². The summed E-state index contributed by atoms with van der Waals surface area (Å²) in [4.78, 5) is 20.7. The van der Waals surface area contributed by atoms with E-state index in [-0.39, 0.29) is 5.91 Å². The lowest BCUT2D eigenvalue weighted by molar-refractivity contribution is -0.133. The molecular formula is C15H24N4O. The first-order valence-electron chi connectivity index (χ1n) is 7.35. The van der Waals surface area contributed by atoms with E-state index in [0.717, 1.165) is 38.3 Å². The van der Waals surface area contributed by atoms with Crippen molar-refractivity contribution in [3.8, 4) is 0 Å². The molecular weight excluding hydrogens is 252 g/mol. The minimum atomic E-state index is 0.237. The van der Waals surface area contributed by atoms with E-state index in [1.807, 2.05) is 23.2 Å². The Bertz CT molecular complexity index is 415. The molecule has 1 unspecified atom stereocenters. The van der Waals surface area contributed by atoms with Crippen molar-refractivity contribution >= 4 is 5.91 Å². The molecule has 1 aromatic heterocycles. The molecule has 1 aromatic rings. The van der Waals surface area contributed by atoms with Crippen LogP contribution in [0.2, 0.25) is 0 Å². The maximum atomic E-state index is 11.9. The van der Waals surface area contributed by atoms with Crippen LogP contribution < -0.4 is 5.73 Å². The Morgan fingerprint density at radius 1 is 1.35 bits per heavy atom. The van der Waals surface area contributed by atoms with Gasteiger partial charge in [0.2, 0.25) is 5.91 Å². The molecule has 0 saturated carbocycles. The zero-order valence-corrected chi connectivity index (χ0v) is 12.2. The van der Waals surface area contributed by atoms with Crippen molar-refractivity contribution in [1.82, 2.24) is 14.8 Å². The van der Waals surface area contributed by atoms with Gasteiger partial charge in [-0.05, 0) is 32.0 Å². The topological polar surface area (TPSA) is 62.5 Å². The molecule has 1 fully saturated rings. The standard InChI is InChI=1S/C15H24N4O/c1-13(14-5-2-3-8-17-14)18-9-11-19(12-10-18)15(20)6-4-7-16/h2-3,5,8,13H,4,6-7,9-12,16H2,1H3. The van der Waals surface area contributed by atoms with Crippen LogP contribution >= 0.6 is 0 Å². The average Bonchev–Trinajstić information content (AvgIpc) is 2.53. The van der Waals surface area contributed by atoms with Gasteiger partial charge >= 0.3 is 0 Å². The number of piperazine rings is 1. The second-order valence-corrected chi connectivity index (χ2v) is 5.24. The largest absolute Gasteiger partial charge is 0.340 e. The Labute approximate surface area is 120 Å². The van der Waals surface area contributed by atoms with Gasteiger partial charge in [0.15, 0.2) is 0 Å². The molecule has 5 heteroatoms. The summed E-state index contributed by atoms with van der Waals surface area (Å²) in [7, 11) is 0. The Balaban J connectivity index is 1.83. The van der Waals surface area contributed by atoms with E-state index < -0.39 is 0 Å². The smallest absolute Gasteiger partial charge is 0.222 e. The number of aromatic nitrogens is 1. The molecule has 110 valence electrons. The van der Waals surface area contributed by atoms with Gasteiger partial charge in [-0.3, -0.25) is 14.7 Å². The third-order valence-electron chi connectivity index (χ3n) is 3.93. The second-order valence-electron chi connectivity index (χ2n) is 5.24. The van der Waals surface area contributed by atoms with Crippen molar-refractivity contribution in [2.45, 2.75) is 25.8 Å². The van der Waals surface area contributed by atoms with Gasteiger partial charge in [0.25, 0.3) is 0 Å². The van der Waals surface area contributed by atoms with Crippen molar-refractivity contribution in [2.75, 3.05) is 32.7 Å². The van der Waals surface area contributed by atoms with E-state index in [4.69, 9.17) is 5.73 Å². The molecule has 2 heterocycles. The van der Waals surface area contributed by atoms with E-state index in [0.29, 0.717) is 19.0 Å². The average molecular weight is 276 g/mol. The molecule has 1 amide bonds. The lowest BCUT2D eigenvalue weighted by atomic mass is 10.1. The summed E-state index contributed by atoms with van der Waals surface area (Å²) in [5.74, 6) is 0.237. The van der Waals surface area contributed by atoms with Crippen LogP contribution in [0.4, 0.5) is 0 Å². The van der Waals surface area contributed by atoms with E-state index in [1.165, 1.54) is 0 Å². The molecule has 1 saturated heterocycles. The molecule has 1 atom stereocenters. The molecule has 5 nitrogen and oxygen atoms in total. The third kappa shape index (κ3) is 3.77. The summed E-state index contributed by atoms with van der Waals surface area (Å²) in [6.45, 7) is 6.19. The molecule has 1 aliphatic rings. The highest BCUT2D eigenvalue weighted by Gasteiger charge is 2.24. The predicted octanol–water partition coefficient (Wildman–Crippen LogP) is 1.03. The van der Waals surface area contributed by atoms with Crippen molar-refractivity contribution in [3.63, 3.8) is 0 Å². The van der Waals surface area contributed by atoms with Gasteiger partial charge in [-0.25, -0.2) is 0 Å². The van der Waals surface area contributed by atoms with Gasteiger partial charge in [-0.2, -0.15) is 0 Å². The number of hydrogen-bond acceptors (Lipinski definition) is 4. The minimum absolute atomic E-state index is 0.237. The summed E-state index contributed by atoms with van der Waals surface area (Å²) in [6.07, 6.45) is 3.19. The first-order chi connectivity index (χ1) is 9.72. The number of nitrogens with zero attached hydrogens (tertiary/aromatic N) is 3. The quantitative estimate of drug-likeness (QED) is 0.872. The molecule has 0 bridgehead atoms. The van der Waals surface area contributed by atoms with Crippen LogP contribution in [0.25, 0.3) is 0 Å². The Kier molecular flexibility index (Phi) is 5.49. The molecule has 0 spiro atoms. The van der Waals surface area contributed by atoms with Crippen LogP contribution in [0.3, 0.4) is 0 Å². The van der Waals surface area contributed by atoms with Crippen LogP contribution in [-0.4, -0.2) is 53.4 Å². The monoisotopic (exact) mass is 276 g/mol. The van der Waals surface area contributed by atoms with Crippen molar-refractivity contribution in [3.05, 3.63) is 30.1 Å². The van der Waals surface area contributed by atoms with Gasteiger partial charge in [0.05, 0.1) is 5.69 Å². The van der Waals surface area contributed by atoms with Crippen LogP contribution in [0, 0.1) is 0 Å². The number of carbonyl (C=O) groups excluding carboxylic acids is 1. The highest BCUT2D eigenvalue weighted by Crippen LogP contribution is 2.19. The van der Waals surface area contributed by atoms with Gasteiger partial charge in [0, 0.05) is 44.8 Å². The number of hydrogen-bond donors (Lipinski definition) is 1. The number of carbonyl (C=O) groups is 1. The minimum Gasteiger partial charge on any atom is -0.340 e. The third-order valence-corrected chi connectivity index (χ3v) is 3.93. The predicted molar refractivity (Wildman–Crippen MR) is 79.1 cm³/mol. The Hall–Kier alpha value is -1.46. The highest BCUT2D eigenvalue weighted by atomic mass is 16.2. The number of pyridine rings is 1. The lowest BCUT2D eigenvalue weighted by Gasteiger charge is -2.37. The number of nitrogens with two attached hydrogens (primary N) is 1. The molecule has 2 N–H and O–H groups in total. The van der Waals surface area contributed by atoms with Gasteiger partial charge in [-0.15, -0.1) is 0 Å². The summed E-state index contributed by atoms with van der Waals surface area (Å²) in [5, 5.41) is 0. The summed E-state index contributed by atoms with van der Waals surface area (Å²) >= 11 is 0. The molecule has 2 rings (SSSR count). The molecule has 1 aliphatic heterocycles. The van der Waals surface area contributed by atoms with E-state index in [2.05, 4.69) is 22.9 Å². The van der Waals surface area contributed by atoms with Crippen LogP contribution in [0.5, 0.6) is 0 Å². The molecule has 0 aliphatic carbocycles. The summed E-state index contributed by atoms with van der Waals surface area (Å²) in [6, 6.07) is 6.32. The molecule has 20 heavy (non-hydrogen) atoms. The SMILES string of the molecule is CC(c1ccccn1)N1CCN(C(=O)CCCN)CC1. The lowest BCUT2D eigenvalue weighted by Crippen LogP contribution is -2.49. The summed E-state index contributed by atoms with van der Waals surface area (Å²) < 4.78 is 0. The van der Waals surface area contributed by atoms with Crippen LogP contribution in [-0.2, 0) is 4.79 Å². The first kappa shape index (κ1) is 14.9. The second kappa shape index (κ2) is 7.36. The van der Waals surface area contributed by atoms with Gasteiger partial charge < -0.3 is 10.6 Å². The van der Waals surface area contributed by atoms with Crippen molar-refractivity contribution in [1.29, 1.82) is 0 Å². The van der Waals surface area contributed by atoms with Gasteiger partial charge in [-0.1, -0.05) is 6.07 Å².